The fraction of sp³-hybridized carbons (Fsp3) is 0.867. The van der Waals surface area contributed by atoms with E-state index in [1.54, 1.807) is 6.92 Å². The van der Waals surface area contributed by atoms with Crippen LogP contribution in [-0.2, 0) is 14.3 Å². The van der Waals surface area contributed by atoms with Crippen molar-refractivity contribution in [2.75, 3.05) is 12.4 Å². The number of nitrogens with two attached hydrogens (primary N) is 1. The molecule has 6 heteroatoms. The predicted octanol–water partition coefficient (Wildman–Crippen LogP) is 1.69. The zero-order valence-electron chi connectivity index (χ0n) is 13.3. The van der Waals surface area contributed by atoms with E-state index >= 15 is 0 Å². The first kappa shape index (κ1) is 18.3. The van der Waals surface area contributed by atoms with Gasteiger partial charge < -0.3 is 15.8 Å². The van der Waals surface area contributed by atoms with E-state index in [1.165, 1.54) is 6.42 Å². The van der Waals surface area contributed by atoms with Crippen LogP contribution in [0.1, 0.15) is 46.5 Å². The molecule has 5 nitrogen and oxygen atoms in total. The Hall–Kier alpha value is -0.750. The molecule has 1 amide bonds. The lowest BCUT2D eigenvalue weighted by Crippen LogP contribution is -2.50. The monoisotopic (exact) mass is 316 g/mol. The second kappa shape index (κ2) is 9.30. The predicted molar refractivity (Wildman–Crippen MR) is 86.1 cm³/mol. The quantitative estimate of drug-likeness (QED) is 0.666. The minimum absolute atomic E-state index is 0.259. The van der Waals surface area contributed by atoms with Crippen molar-refractivity contribution in [1.29, 1.82) is 0 Å². The van der Waals surface area contributed by atoms with Crippen LogP contribution in [0.15, 0.2) is 0 Å². The van der Waals surface area contributed by atoms with E-state index in [2.05, 4.69) is 5.32 Å². The number of thioether (sulfide) groups is 1. The molecule has 1 rings (SSSR count). The van der Waals surface area contributed by atoms with Crippen molar-refractivity contribution in [2.45, 2.75) is 63.8 Å². The minimum Gasteiger partial charge on any atom is -0.464 e. The van der Waals surface area contributed by atoms with Crippen LogP contribution in [0, 0.1) is 5.92 Å². The SMILES string of the molecule is CCOC(=O)C(CC1CCCS1)NC(=O)[C@@H](N)CC(C)C. The molecule has 0 aromatic heterocycles. The lowest BCUT2D eigenvalue weighted by atomic mass is 10.0. The lowest BCUT2D eigenvalue weighted by Gasteiger charge is -2.22. The Kier molecular flexibility index (Phi) is 8.11. The number of ether oxygens (including phenoxy) is 1. The molecule has 21 heavy (non-hydrogen) atoms. The average molecular weight is 316 g/mol. The maximum atomic E-state index is 12.1. The molecule has 122 valence electrons. The highest BCUT2D eigenvalue weighted by Gasteiger charge is 2.29. The van der Waals surface area contributed by atoms with Gasteiger partial charge in [0, 0.05) is 5.25 Å². The zero-order valence-corrected chi connectivity index (χ0v) is 14.1. The van der Waals surface area contributed by atoms with E-state index in [1.807, 2.05) is 25.6 Å². The molecular weight excluding hydrogens is 288 g/mol. The van der Waals surface area contributed by atoms with Crippen LogP contribution in [0.3, 0.4) is 0 Å². The molecule has 1 aliphatic heterocycles. The van der Waals surface area contributed by atoms with Gasteiger partial charge in [0.25, 0.3) is 0 Å². The van der Waals surface area contributed by atoms with Gasteiger partial charge in [-0.15, -0.1) is 0 Å². The van der Waals surface area contributed by atoms with Crippen molar-refractivity contribution in [3.05, 3.63) is 0 Å². The van der Waals surface area contributed by atoms with Crippen LogP contribution < -0.4 is 11.1 Å². The van der Waals surface area contributed by atoms with E-state index in [4.69, 9.17) is 10.5 Å². The third kappa shape index (κ3) is 6.70. The summed E-state index contributed by atoms with van der Waals surface area (Å²) in [6.45, 7) is 6.13. The Morgan fingerprint density at radius 1 is 1.43 bits per heavy atom. The molecule has 0 aromatic rings. The average Bonchev–Trinajstić information content (AvgIpc) is 2.90. The van der Waals surface area contributed by atoms with Gasteiger partial charge in [0.05, 0.1) is 12.6 Å². The van der Waals surface area contributed by atoms with Gasteiger partial charge in [0.2, 0.25) is 5.91 Å². The Morgan fingerprint density at radius 2 is 2.14 bits per heavy atom. The van der Waals surface area contributed by atoms with Crippen molar-refractivity contribution in [2.24, 2.45) is 11.7 Å². The van der Waals surface area contributed by atoms with E-state index in [0.29, 0.717) is 30.6 Å². The van der Waals surface area contributed by atoms with Gasteiger partial charge in [-0.2, -0.15) is 11.8 Å². The fourth-order valence-corrected chi connectivity index (χ4v) is 3.77. The highest BCUT2D eigenvalue weighted by Crippen LogP contribution is 2.29. The molecule has 0 saturated carbocycles. The van der Waals surface area contributed by atoms with E-state index < -0.39 is 12.1 Å². The van der Waals surface area contributed by atoms with Crippen LogP contribution >= 0.6 is 11.8 Å². The molecule has 1 saturated heterocycles. The first-order chi connectivity index (χ1) is 9.93. The standard InChI is InChI=1S/C15H28N2O3S/c1-4-20-15(19)13(9-11-6-5-7-21-11)17-14(18)12(16)8-10(2)3/h10-13H,4-9,16H2,1-3H3,(H,17,18)/t11?,12-,13?/m0/s1. The molecule has 0 radical (unpaired) electrons. The fourth-order valence-electron chi connectivity index (χ4n) is 2.44. The maximum absolute atomic E-state index is 12.1. The van der Waals surface area contributed by atoms with Crippen LogP contribution in [-0.4, -0.2) is 41.6 Å². The number of esters is 1. The number of carbonyl (C=O) groups is 2. The number of carbonyl (C=O) groups excluding carboxylic acids is 2. The molecule has 0 spiro atoms. The Bertz CT molecular complexity index is 344. The van der Waals surface area contributed by atoms with Crippen molar-refractivity contribution < 1.29 is 14.3 Å². The highest BCUT2D eigenvalue weighted by atomic mass is 32.2. The summed E-state index contributed by atoms with van der Waals surface area (Å²) in [6.07, 6.45) is 3.50. The summed E-state index contributed by atoms with van der Waals surface area (Å²) in [5, 5.41) is 3.20. The third-order valence-electron chi connectivity index (χ3n) is 3.47. The van der Waals surface area contributed by atoms with Crippen LogP contribution in [0.25, 0.3) is 0 Å². The van der Waals surface area contributed by atoms with Gasteiger partial charge >= 0.3 is 5.97 Å². The van der Waals surface area contributed by atoms with E-state index in [-0.39, 0.29) is 11.9 Å². The summed E-state index contributed by atoms with van der Waals surface area (Å²) in [4.78, 5) is 24.1. The van der Waals surface area contributed by atoms with Crippen molar-refractivity contribution in [3.8, 4) is 0 Å². The normalized spacial score (nSPS) is 21.1. The van der Waals surface area contributed by atoms with Crippen molar-refractivity contribution >= 4 is 23.6 Å². The van der Waals surface area contributed by atoms with Gasteiger partial charge in [-0.05, 0) is 44.3 Å². The smallest absolute Gasteiger partial charge is 0.328 e. The maximum Gasteiger partial charge on any atom is 0.328 e. The minimum atomic E-state index is -0.578. The van der Waals surface area contributed by atoms with E-state index in [0.717, 1.165) is 12.2 Å². The molecule has 0 bridgehead atoms. The number of amides is 1. The molecule has 2 unspecified atom stereocenters. The van der Waals surface area contributed by atoms with Gasteiger partial charge in [0.1, 0.15) is 6.04 Å². The van der Waals surface area contributed by atoms with Gasteiger partial charge in [0.15, 0.2) is 0 Å². The number of rotatable bonds is 8. The summed E-state index contributed by atoms with van der Waals surface area (Å²) >= 11 is 1.86. The molecule has 3 atom stereocenters. The molecule has 1 heterocycles. The van der Waals surface area contributed by atoms with Crippen LogP contribution in [0.2, 0.25) is 0 Å². The molecule has 1 aliphatic rings. The van der Waals surface area contributed by atoms with Crippen LogP contribution in [0.4, 0.5) is 0 Å². The molecule has 1 fully saturated rings. The summed E-state index contributed by atoms with van der Waals surface area (Å²) in [7, 11) is 0. The summed E-state index contributed by atoms with van der Waals surface area (Å²) in [5.41, 5.74) is 5.88. The molecule has 0 aliphatic carbocycles. The topological polar surface area (TPSA) is 81.4 Å². The molecule has 0 aromatic carbocycles. The zero-order chi connectivity index (χ0) is 15.8. The summed E-state index contributed by atoms with van der Waals surface area (Å²) in [6, 6.07) is -1.15. The van der Waals surface area contributed by atoms with Crippen LogP contribution in [0.5, 0.6) is 0 Å². The lowest BCUT2D eigenvalue weighted by molar-refractivity contribution is -0.147. The van der Waals surface area contributed by atoms with E-state index in [9.17, 15) is 9.59 Å². The number of hydrogen-bond acceptors (Lipinski definition) is 5. The molecule has 3 N–H and O–H groups in total. The second-order valence-corrected chi connectivity index (χ2v) is 7.33. The first-order valence-corrected chi connectivity index (χ1v) is 8.83. The Labute approximate surface area is 131 Å². The third-order valence-corrected chi connectivity index (χ3v) is 4.90. The summed E-state index contributed by atoms with van der Waals surface area (Å²) < 4.78 is 5.07. The second-order valence-electron chi connectivity index (χ2n) is 5.92. The number of hydrogen-bond donors (Lipinski definition) is 2. The largest absolute Gasteiger partial charge is 0.464 e. The first-order valence-electron chi connectivity index (χ1n) is 7.78. The summed E-state index contributed by atoms with van der Waals surface area (Å²) in [5.74, 6) is 0.859. The molecular formula is C15H28N2O3S. The highest BCUT2D eigenvalue weighted by molar-refractivity contribution is 8.00. The number of nitrogens with one attached hydrogen (secondary N) is 1. The van der Waals surface area contributed by atoms with Gasteiger partial charge in [-0.3, -0.25) is 4.79 Å². The van der Waals surface area contributed by atoms with Crippen molar-refractivity contribution in [3.63, 3.8) is 0 Å². The Balaban J connectivity index is 2.58. The van der Waals surface area contributed by atoms with Gasteiger partial charge in [-0.25, -0.2) is 4.79 Å². The van der Waals surface area contributed by atoms with Gasteiger partial charge in [-0.1, -0.05) is 13.8 Å². The Morgan fingerprint density at radius 3 is 2.67 bits per heavy atom. The van der Waals surface area contributed by atoms with Crippen molar-refractivity contribution in [1.82, 2.24) is 5.32 Å².